The van der Waals surface area contributed by atoms with Crippen molar-refractivity contribution in [3.05, 3.63) is 0 Å². The maximum Gasteiger partial charge on any atom is 0.208 e. The topological polar surface area (TPSA) is 42.6 Å². The van der Waals surface area contributed by atoms with Crippen LogP contribution in [0.1, 0.15) is 19.3 Å². The lowest BCUT2D eigenvalue weighted by atomic mass is 10.2. The number of thioether (sulfide) groups is 1. The van der Waals surface area contributed by atoms with Crippen molar-refractivity contribution in [1.82, 2.24) is 9.80 Å². The zero-order chi connectivity index (χ0) is 11.4. The van der Waals surface area contributed by atoms with Crippen molar-refractivity contribution >= 4 is 16.9 Å². The lowest BCUT2D eigenvalue weighted by molar-refractivity contribution is 0.250. The van der Waals surface area contributed by atoms with E-state index in [9.17, 15) is 0 Å². The molecule has 2 aliphatic heterocycles. The van der Waals surface area contributed by atoms with E-state index in [4.69, 9.17) is 5.26 Å². The summed E-state index contributed by atoms with van der Waals surface area (Å²) in [6.45, 7) is 4.59. The van der Waals surface area contributed by atoms with E-state index in [2.05, 4.69) is 14.8 Å². The molecule has 2 saturated heterocycles. The molecule has 0 aromatic rings. The number of aliphatic imine (C=N–C) groups is 1. The van der Waals surface area contributed by atoms with Crippen LogP contribution in [0.3, 0.4) is 0 Å². The van der Waals surface area contributed by atoms with E-state index < -0.39 is 0 Å². The fourth-order valence-electron chi connectivity index (χ4n) is 2.61. The zero-order valence-electron chi connectivity index (χ0n) is 9.72. The van der Waals surface area contributed by atoms with Crippen LogP contribution in [-0.4, -0.2) is 53.4 Å². The molecule has 0 saturated carbocycles. The van der Waals surface area contributed by atoms with Crippen LogP contribution in [-0.2, 0) is 0 Å². The van der Waals surface area contributed by atoms with Crippen LogP contribution in [0, 0.1) is 11.5 Å². The fraction of sp³-hybridized carbons (Fsp3) is 0.818. The van der Waals surface area contributed by atoms with Gasteiger partial charge in [-0.1, -0.05) is 11.8 Å². The third-order valence-electron chi connectivity index (χ3n) is 3.42. The van der Waals surface area contributed by atoms with Crippen LogP contribution in [0.4, 0.5) is 0 Å². The number of amidine groups is 1. The second-order valence-electron chi connectivity index (χ2n) is 4.33. The Bertz CT molecular complexity index is 304. The summed E-state index contributed by atoms with van der Waals surface area (Å²) in [4.78, 5) is 8.71. The molecule has 16 heavy (non-hydrogen) atoms. The van der Waals surface area contributed by atoms with Gasteiger partial charge in [-0.25, -0.2) is 0 Å². The Morgan fingerprint density at radius 1 is 1.38 bits per heavy atom. The van der Waals surface area contributed by atoms with Crippen LogP contribution >= 0.6 is 11.8 Å². The number of nitrogens with zero attached hydrogens (tertiary/aromatic N) is 4. The molecule has 0 aromatic heterocycles. The summed E-state index contributed by atoms with van der Waals surface area (Å²) in [5, 5.41) is 9.50. The van der Waals surface area contributed by atoms with Crippen LogP contribution in [0.2, 0.25) is 0 Å². The maximum atomic E-state index is 8.62. The van der Waals surface area contributed by atoms with Gasteiger partial charge < -0.3 is 4.90 Å². The monoisotopic (exact) mass is 238 g/mol. The van der Waals surface area contributed by atoms with E-state index in [1.165, 1.54) is 32.4 Å². The third-order valence-corrected chi connectivity index (χ3v) is 4.13. The number of nitriles is 1. The summed E-state index contributed by atoms with van der Waals surface area (Å²) >= 11 is 1.57. The second-order valence-corrected chi connectivity index (χ2v) is 5.10. The van der Waals surface area contributed by atoms with Gasteiger partial charge in [0.2, 0.25) is 6.19 Å². The van der Waals surface area contributed by atoms with E-state index in [0.29, 0.717) is 6.04 Å². The Morgan fingerprint density at radius 2 is 2.12 bits per heavy atom. The molecule has 4 nitrogen and oxygen atoms in total. The molecule has 5 heteroatoms. The number of hydrogen-bond donors (Lipinski definition) is 0. The minimum Gasteiger partial charge on any atom is -0.349 e. The maximum absolute atomic E-state index is 8.62. The van der Waals surface area contributed by atoms with Crippen molar-refractivity contribution in [3.8, 4) is 6.19 Å². The van der Waals surface area contributed by atoms with E-state index in [0.717, 1.165) is 18.3 Å². The van der Waals surface area contributed by atoms with E-state index in [1.807, 2.05) is 12.4 Å². The Kier molecular flexibility index (Phi) is 4.08. The van der Waals surface area contributed by atoms with E-state index in [1.54, 1.807) is 11.8 Å². The molecule has 0 aromatic carbocycles. The molecular weight excluding hydrogens is 220 g/mol. The Morgan fingerprint density at radius 3 is 2.75 bits per heavy atom. The molecule has 0 amide bonds. The van der Waals surface area contributed by atoms with E-state index in [-0.39, 0.29) is 0 Å². The summed E-state index contributed by atoms with van der Waals surface area (Å²) in [6.07, 6.45) is 7.78. The average molecular weight is 238 g/mol. The smallest absolute Gasteiger partial charge is 0.208 e. The van der Waals surface area contributed by atoms with Gasteiger partial charge in [-0.15, -0.1) is 4.99 Å². The van der Waals surface area contributed by atoms with Gasteiger partial charge in [-0.05, 0) is 38.6 Å². The van der Waals surface area contributed by atoms with Crippen molar-refractivity contribution in [2.45, 2.75) is 25.3 Å². The first-order valence-corrected chi connectivity index (χ1v) is 7.07. The molecule has 2 fully saturated rings. The summed E-state index contributed by atoms with van der Waals surface area (Å²) in [5.41, 5.74) is 0. The van der Waals surface area contributed by atoms with Gasteiger partial charge in [0.25, 0.3) is 0 Å². The first-order chi connectivity index (χ1) is 7.85. The highest BCUT2D eigenvalue weighted by Gasteiger charge is 2.30. The lowest BCUT2D eigenvalue weighted by Gasteiger charge is -2.24. The van der Waals surface area contributed by atoms with Gasteiger partial charge in [-0.3, -0.25) is 4.90 Å². The predicted octanol–water partition coefficient (Wildman–Crippen LogP) is 1.36. The van der Waals surface area contributed by atoms with E-state index >= 15 is 0 Å². The van der Waals surface area contributed by atoms with Gasteiger partial charge >= 0.3 is 0 Å². The number of rotatable bonds is 1. The second kappa shape index (κ2) is 5.55. The molecule has 1 atom stereocenters. The number of hydrogen-bond acceptors (Lipinski definition) is 4. The standard InChI is InChI=1S/C11H18N4S/c1-16-11(13-9-12)15-7-4-10(8-15)14-5-2-3-6-14/h10H,2-8H2,1H3. The van der Waals surface area contributed by atoms with Crippen molar-refractivity contribution < 1.29 is 0 Å². The summed E-state index contributed by atoms with van der Waals surface area (Å²) in [5.74, 6) is 0. The molecule has 2 rings (SSSR count). The molecule has 2 aliphatic rings. The fourth-order valence-corrected chi connectivity index (χ4v) is 3.16. The SMILES string of the molecule is CSC(=NC#N)N1CCC(N2CCCC2)C1. The predicted molar refractivity (Wildman–Crippen MR) is 67.3 cm³/mol. The largest absolute Gasteiger partial charge is 0.349 e. The molecule has 0 spiro atoms. The molecule has 2 heterocycles. The third kappa shape index (κ3) is 2.50. The van der Waals surface area contributed by atoms with Gasteiger partial charge in [0.1, 0.15) is 0 Å². The Balaban J connectivity index is 1.92. The first-order valence-electron chi connectivity index (χ1n) is 5.85. The zero-order valence-corrected chi connectivity index (χ0v) is 10.5. The highest BCUT2D eigenvalue weighted by molar-refractivity contribution is 8.13. The molecule has 0 bridgehead atoms. The van der Waals surface area contributed by atoms with Crippen LogP contribution < -0.4 is 0 Å². The van der Waals surface area contributed by atoms with Crippen molar-refractivity contribution in [2.75, 3.05) is 32.4 Å². The molecule has 88 valence electrons. The minimum atomic E-state index is 0.679. The summed E-state index contributed by atoms with van der Waals surface area (Å²) in [6, 6.07) is 0.679. The average Bonchev–Trinajstić information content (AvgIpc) is 2.95. The Labute approximate surface area is 101 Å². The van der Waals surface area contributed by atoms with Crippen molar-refractivity contribution in [2.24, 2.45) is 4.99 Å². The van der Waals surface area contributed by atoms with Gasteiger partial charge in [0, 0.05) is 19.1 Å². The van der Waals surface area contributed by atoms with Gasteiger partial charge in [0.15, 0.2) is 5.17 Å². The molecule has 0 radical (unpaired) electrons. The minimum absolute atomic E-state index is 0.679. The molecular formula is C11H18N4S. The van der Waals surface area contributed by atoms with Crippen molar-refractivity contribution in [3.63, 3.8) is 0 Å². The molecule has 1 unspecified atom stereocenters. The van der Waals surface area contributed by atoms with Crippen LogP contribution in [0.15, 0.2) is 4.99 Å². The highest BCUT2D eigenvalue weighted by Crippen LogP contribution is 2.22. The lowest BCUT2D eigenvalue weighted by Crippen LogP contribution is -2.36. The molecule has 0 N–H and O–H groups in total. The number of likely N-dealkylation sites (tertiary alicyclic amines) is 2. The quantitative estimate of drug-likeness (QED) is 0.393. The Hall–Kier alpha value is -0.730. The summed E-state index contributed by atoms with van der Waals surface area (Å²) in [7, 11) is 0. The van der Waals surface area contributed by atoms with Crippen LogP contribution in [0.5, 0.6) is 0 Å². The van der Waals surface area contributed by atoms with Gasteiger partial charge in [0.05, 0.1) is 0 Å². The van der Waals surface area contributed by atoms with Gasteiger partial charge in [-0.2, -0.15) is 5.26 Å². The normalized spacial score (nSPS) is 27.4. The first kappa shape index (κ1) is 11.7. The molecule has 0 aliphatic carbocycles. The highest BCUT2D eigenvalue weighted by atomic mass is 32.2. The summed E-state index contributed by atoms with van der Waals surface area (Å²) < 4.78 is 0. The van der Waals surface area contributed by atoms with Crippen LogP contribution in [0.25, 0.3) is 0 Å². The van der Waals surface area contributed by atoms with Crippen molar-refractivity contribution in [1.29, 1.82) is 5.26 Å².